The number of para-hydroxylation sites is 2. The Morgan fingerprint density at radius 2 is 1.47 bits per heavy atom. The van der Waals surface area contributed by atoms with E-state index in [4.69, 9.17) is 4.74 Å². The van der Waals surface area contributed by atoms with E-state index in [1.54, 1.807) is 18.2 Å². The first-order valence-corrected chi connectivity index (χ1v) is 12.0. The molecule has 164 valence electrons. The molecule has 1 N–H and O–H groups in total. The summed E-state index contributed by atoms with van der Waals surface area (Å²) in [6.45, 7) is 4.46. The maximum Gasteiger partial charge on any atom is 0.263 e. The zero-order valence-electron chi connectivity index (χ0n) is 18.0. The molecule has 0 amide bonds. The number of benzene rings is 3. The van der Waals surface area contributed by atoms with Crippen LogP contribution in [-0.4, -0.2) is 25.0 Å². The number of nitrogens with zero attached hydrogens (tertiary/aromatic N) is 2. The third-order valence-corrected chi connectivity index (χ3v) is 6.45. The number of sulfonamides is 1. The standard InChI is InChI=1S/C25H25N3O3S/c1-18(2)20-12-14-21(15-13-20)32(29,30)28-24-25(27-23-11-7-6-10-22(23)26-24)31-17-16-19-8-4-3-5-9-19/h3-15,18H,16-17H2,1-2H3,(H,26,28). The van der Waals surface area contributed by atoms with Gasteiger partial charge in [0.15, 0.2) is 0 Å². The van der Waals surface area contributed by atoms with E-state index in [2.05, 4.69) is 28.5 Å². The lowest BCUT2D eigenvalue weighted by molar-refractivity contribution is 0.311. The van der Waals surface area contributed by atoms with Gasteiger partial charge < -0.3 is 4.74 Å². The summed E-state index contributed by atoms with van der Waals surface area (Å²) in [7, 11) is -3.86. The number of fused-ring (bicyclic) bond motifs is 1. The van der Waals surface area contributed by atoms with Gasteiger partial charge in [-0.25, -0.2) is 18.4 Å². The van der Waals surface area contributed by atoms with Gasteiger partial charge in [0.05, 0.1) is 22.5 Å². The lowest BCUT2D eigenvalue weighted by Gasteiger charge is -2.14. The highest BCUT2D eigenvalue weighted by atomic mass is 32.2. The molecule has 0 spiro atoms. The highest BCUT2D eigenvalue weighted by molar-refractivity contribution is 7.92. The molecule has 0 fully saturated rings. The number of hydrogen-bond acceptors (Lipinski definition) is 5. The average molecular weight is 448 g/mol. The minimum absolute atomic E-state index is 0.0738. The lowest BCUT2D eigenvalue weighted by Crippen LogP contribution is -2.16. The van der Waals surface area contributed by atoms with Crippen LogP contribution in [0, 0.1) is 0 Å². The van der Waals surface area contributed by atoms with E-state index in [1.165, 1.54) is 0 Å². The molecule has 6 nitrogen and oxygen atoms in total. The minimum Gasteiger partial charge on any atom is -0.475 e. The Hall–Kier alpha value is -3.45. The summed E-state index contributed by atoms with van der Waals surface area (Å²) in [5.41, 5.74) is 3.40. The van der Waals surface area contributed by atoms with Gasteiger partial charge in [-0.1, -0.05) is 68.4 Å². The molecule has 32 heavy (non-hydrogen) atoms. The quantitative estimate of drug-likeness (QED) is 0.403. The van der Waals surface area contributed by atoms with Crippen molar-refractivity contribution in [2.24, 2.45) is 0 Å². The Labute approximate surface area is 188 Å². The molecule has 1 aromatic heterocycles. The van der Waals surface area contributed by atoms with Crippen molar-refractivity contribution in [1.29, 1.82) is 0 Å². The van der Waals surface area contributed by atoms with Crippen molar-refractivity contribution in [2.45, 2.75) is 31.1 Å². The van der Waals surface area contributed by atoms with Gasteiger partial charge >= 0.3 is 0 Å². The fraction of sp³-hybridized carbons (Fsp3) is 0.200. The fourth-order valence-electron chi connectivity index (χ4n) is 3.28. The van der Waals surface area contributed by atoms with Gasteiger partial charge in [-0.3, -0.25) is 4.72 Å². The van der Waals surface area contributed by atoms with Crippen molar-refractivity contribution >= 4 is 26.9 Å². The number of rotatable bonds is 8. The minimum atomic E-state index is -3.86. The molecule has 4 aromatic rings. The molecule has 0 aliphatic heterocycles. The van der Waals surface area contributed by atoms with E-state index in [1.807, 2.05) is 60.7 Å². The van der Waals surface area contributed by atoms with Crippen LogP contribution in [0.15, 0.2) is 83.8 Å². The summed E-state index contributed by atoms with van der Waals surface area (Å²) in [6.07, 6.45) is 0.665. The Morgan fingerprint density at radius 3 is 2.12 bits per heavy atom. The molecule has 4 rings (SSSR count). The predicted molar refractivity (Wildman–Crippen MR) is 127 cm³/mol. The normalized spacial score (nSPS) is 11.6. The molecule has 0 aliphatic carbocycles. The summed E-state index contributed by atoms with van der Waals surface area (Å²) in [5.74, 6) is 0.544. The zero-order valence-corrected chi connectivity index (χ0v) is 18.8. The van der Waals surface area contributed by atoms with Crippen LogP contribution >= 0.6 is 0 Å². The Kier molecular flexibility index (Phi) is 6.37. The van der Waals surface area contributed by atoms with Crippen LogP contribution in [0.3, 0.4) is 0 Å². The molecule has 0 saturated carbocycles. The second-order valence-corrected chi connectivity index (χ2v) is 9.46. The number of aromatic nitrogens is 2. The van der Waals surface area contributed by atoms with E-state index in [0.717, 1.165) is 11.1 Å². The molecule has 0 atom stereocenters. The van der Waals surface area contributed by atoms with Crippen LogP contribution < -0.4 is 9.46 Å². The van der Waals surface area contributed by atoms with E-state index in [-0.39, 0.29) is 16.6 Å². The van der Waals surface area contributed by atoms with Gasteiger partial charge in [0, 0.05) is 6.42 Å². The molecular formula is C25H25N3O3S. The maximum absolute atomic E-state index is 13.0. The maximum atomic E-state index is 13.0. The smallest absolute Gasteiger partial charge is 0.263 e. The van der Waals surface area contributed by atoms with Gasteiger partial charge in [0.1, 0.15) is 0 Å². The van der Waals surface area contributed by atoms with Crippen LogP contribution in [-0.2, 0) is 16.4 Å². The summed E-state index contributed by atoms with van der Waals surface area (Å²) < 4.78 is 34.5. The third kappa shape index (κ3) is 5.06. The van der Waals surface area contributed by atoms with Gasteiger partial charge in [-0.2, -0.15) is 0 Å². The monoisotopic (exact) mass is 447 g/mol. The first-order chi connectivity index (χ1) is 15.4. The molecule has 0 aliphatic rings. The van der Waals surface area contributed by atoms with Gasteiger partial charge in [0.25, 0.3) is 15.9 Å². The predicted octanol–water partition coefficient (Wildman–Crippen LogP) is 5.18. The molecule has 0 saturated heterocycles. The number of anilines is 1. The van der Waals surface area contributed by atoms with Crippen molar-refractivity contribution in [2.75, 3.05) is 11.3 Å². The van der Waals surface area contributed by atoms with Gasteiger partial charge in [-0.05, 0) is 41.3 Å². The largest absolute Gasteiger partial charge is 0.475 e. The van der Waals surface area contributed by atoms with Crippen molar-refractivity contribution in [3.05, 3.63) is 90.0 Å². The SMILES string of the molecule is CC(C)c1ccc(S(=O)(=O)Nc2nc3ccccc3nc2OCCc2ccccc2)cc1. The Bertz CT molecular complexity index is 1310. The van der Waals surface area contributed by atoms with Gasteiger partial charge in [0.2, 0.25) is 5.82 Å². The Balaban J connectivity index is 1.61. The first-order valence-electron chi connectivity index (χ1n) is 10.5. The third-order valence-electron chi connectivity index (χ3n) is 5.10. The molecule has 0 radical (unpaired) electrons. The van der Waals surface area contributed by atoms with Crippen LogP contribution in [0.2, 0.25) is 0 Å². The van der Waals surface area contributed by atoms with Crippen LogP contribution in [0.1, 0.15) is 30.9 Å². The fourth-order valence-corrected chi connectivity index (χ4v) is 4.28. The second kappa shape index (κ2) is 9.36. The molecular weight excluding hydrogens is 422 g/mol. The molecule has 0 bridgehead atoms. The number of hydrogen-bond donors (Lipinski definition) is 1. The molecule has 0 unspecified atom stereocenters. The lowest BCUT2D eigenvalue weighted by atomic mass is 10.0. The summed E-state index contributed by atoms with van der Waals surface area (Å²) >= 11 is 0. The summed E-state index contributed by atoms with van der Waals surface area (Å²) in [4.78, 5) is 9.15. The average Bonchev–Trinajstić information content (AvgIpc) is 2.80. The summed E-state index contributed by atoms with van der Waals surface area (Å²) in [5, 5.41) is 0. The van der Waals surface area contributed by atoms with Crippen LogP contribution in [0.5, 0.6) is 5.88 Å². The number of ether oxygens (including phenoxy) is 1. The first kappa shape index (κ1) is 21.8. The second-order valence-electron chi connectivity index (χ2n) is 7.78. The van der Waals surface area contributed by atoms with E-state index >= 15 is 0 Å². The van der Waals surface area contributed by atoms with Crippen molar-refractivity contribution in [3.63, 3.8) is 0 Å². The van der Waals surface area contributed by atoms with E-state index in [0.29, 0.717) is 30.0 Å². The van der Waals surface area contributed by atoms with Crippen molar-refractivity contribution in [1.82, 2.24) is 9.97 Å². The summed E-state index contributed by atoms with van der Waals surface area (Å²) in [6, 6.07) is 24.0. The van der Waals surface area contributed by atoms with Crippen molar-refractivity contribution in [3.8, 4) is 5.88 Å². The molecule has 7 heteroatoms. The van der Waals surface area contributed by atoms with E-state index < -0.39 is 10.0 Å². The highest BCUT2D eigenvalue weighted by Crippen LogP contribution is 2.27. The molecule has 3 aromatic carbocycles. The molecule has 1 heterocycles. The van der Waals surface area contributed by atoms with Crippen LogP contribution in [0.4, 0.5) is 5.82 Å². The van der Waals surface area contributed by atoms with Gasteiger partial charge in [-0.15, -0.1) is 0 Å². The van der Waals surface area contributed by atoms with Crippen molar-refractivity contribution < 1.29 is 13.2 Å². The number of nitrogens with one attached hydrogen (secondary N) is 1. The Morgan fingerprint density at radius 1 is 0.844 bits per heavy atom. The zero-order chi connectivity index (χ0) is 22.6. The van der Waals surface area contributed by atoms with E-state index in [9.17, 15) is 8.42 Å². The van der Waals surface area contributed by atoms with Crippen LogP contribution in [0.25, 0.3) is 11.0 Å². The highest BCUT2D eigenvalue weighted by Gasteiger charge is 2.20. The topological polar surface area (TPSA) is 81.2 Å².